The van der Waals surface area contributed by atoms with Gasteiger partial charge in [-0.25, -0.2) is 8.42 Å². The number of hydrogen-bond donors (Lipinski definition) is 1. The van der Waals surface area contributed by atoms with Gasteiger partial charge in [-0.1, -0.05) is 60.3 Å². The minimum atomic E-state index is -3.83. The maximum atomic E-state index is 13.5. The van der Waals surface area contributed by atoms with E-state index in [1.54, 1.807) is 49.4 Å². The van der Waals surface area contributed by atoms with Crippen LogP contribution in [0.2, 0.25) is 10.0 Å². The summed E-state index contributed by atoms with van der Waals surface area (Å²) in [4.78, 5) is 27.9. The van der Waals surface area contributed by atoms with Gasteiger partial charge in [0.15, 0.2) is 0 Å². The van der Waals surface area contributed by atoms with E-state index in [9.17, 15) is 18.0 Å². The molecule has 0 aliphatic heterocycles. The Morgan fingerprint density at radius 3 is 2.26 bits per heavy atom. The number of halogens is 2. The number of carbonyl (C=O) groups excluding carboxylic acids is 2. The second-order valence-corrected chi connectivity index (χ2v) is 11.3. The number of carbonyl (C=O) groups is 2. The summed E-state index contributed by atoms with van der Waals surface area (Å²) >= 11 is 12.2. The van der Waals surface area contributed by atoms with Crippen molar-refractivity contribution in [1.29, 1.82) is 0 Å². The molecular formula is C24H29Cl2N3O4S. The van der Waals surface area contributed by atoms with E-state index in [4.69, 9.17) is 23.2 Å². The molecule has 1 aliphatic rings. The van der Waals surface area contributed by atoms with Gasteiger partial charge in [0.05, 0.1) is 17.0 Å². The van der Waals surface area contributed by atoms with Crippen LogP contribution in [0.25, 0.3) is 0 Å². The molecule has 2 amide bonds. The lowest BCUT2D eigenvalue weighted by molar-refractivity contribution is -0.139. The zero-order valence-electron chi connectivity index (χ0n) is 19.2. The third kappa shape index (κ3) is 6.87. The molecule has 0 bridgehead atoms. The van der Waals surface area contributed by atoms with Gasteiger partial charge in [-0.15, -0.1) is 0 Å². The quantitative estimate of drug-likeness (QED) is 0.530. The maximum absolute atomic E-state index is 13.5. The Morgan fingerprint density at radius 2 is 1.68 bits per heavy atom. The summed E-state index contributed by atoms with van der Waals surface area (Å²) in [5.41, 5.74) is 0.969. The first-order valence-electron chi connectivity index (χ1n) is 11.1. The van der Waals surface area contributed by atoms with E-state index < -0.39 is 28.5 Å². The molecule has 1 aliphatic carbocycles. The van der Waals surface area contributed by atoms with Gasteiger partial charge in [0, 0.05) is 17.6 Å². The lowest BCUT2D eigenvalue weighted by atomic mass is 10.1. The molecule has 7 nitrogen and oxygen atoms in total. The van der Waals surface area contributed by atoms with E-state index in [1.165, 1.54) is 11.0 Å². The molecule has 184 valence electrons. The number of sulfonamides is 1. The van der Waals surface area contributed by atoms with Crippen molar-refractivity contribution in [3.05, 3.63) is 64.1 Å². The molecule has 1 atom stereocenters. The highest BCUT2D eigenvalue weighted by atomic mass is 35.5. The first-order chi connectivity index (χ1) is 16.1. The van der Waals surface area contributed by atoms with Crippen LogP contribution < -0.4 is 9.62 Å². The molecular weight excluding hydrogens is 497 g/mol. The van der Waals surface area contributed by atoms with E-state index >= 15 is 0 Å². The smallest absolute Gasteiger partial charge is 0.244 e. The minimum Gasteiger partial charge on any atom is -0.352 e. The van der Waals surface area contributed by atoms with Crippen molar-refractivity contribution >= 4 is 50.7 Å². The number of anilines is 1. The Hall–Kier alpha value is -2.29. The first-order valence-corrected chi connectivity index (χ1v) is 13.7. The Labute approximate surface area is 211 Å². The van der Waals surface area contributed by atoms with Gasteiger partial charge in [-0.3, -0.25) is 13.9 Å². The molecule has 1 saturated carbocycles. The van der Waals surface area contributed by atoms with Gasteiger partial charge in [-0.05, 0) is 49.6 Å². The van der Waals surface area contributed by atoms with E-state index in [-0.39, 0.29) is 29.2 Å². The second kappa shape index (κ2) is 11.4. The summed E-state index contributed by atoms with van der Waals surface area (Å²) in [6.07, 6.45) is 4.97. The molecule has 2 aromatic rings. The highest BCUT2D eigenvalue weighted by Gasteiger charge is 2.31. The molecule has 0 radical (unpaired) electrons. The topological polar surface area (TPSA) is 86.8 Å². The molecule has 34 heavy (non-hydrogen) atoms. The zero-order chi connectivity index (χ0) is 24.9. The number of nitrogens with zero attached hydrogens (tertiary/aromatic N) is 2. The van der Waals surface area contributed by atoms with Crippen LogP contribution in [0.5, 0.6) is 0 Å². The van der Waals surface area contributed by atoms with Gasteiger partial charge in [0.1, 0.15) is 12.6 Å². The Balaban J connectivity index is 1.88. The predicted octanol–water partition coefficient (Wildman–Crippen LogP) is 4.24. The van der Waals surface area contributed by atoms with E-state index in [2.05, 4.69) is 5.32 Å². The first kappa shape index (κ1) is 26.3. The molecule has 0 aromatic heterocycles. The molecule has 1 unspecified atom stereocenters. The van der Waals surface area contributed by atoms with E-state index in [0.29, 0.717) is 5.02 Å². The van der Waals surface area contributed by atoms with Gasteiger partial charge in [0.2, 0.25) is 21.8 Å². The van der Waals surface area contributed by atoms with Crippen molar-refractivity contribution in [2.45, 2.75) is 51.2 Å². The van der Waals surface area contributed by atoms with Crippen molar-refractivity contribution < 1.29 is 18.0 Å². The van der Waals surface area contributed by atoms with Crippen LogP contribution in [-0.2, 0) is 26.2 Å². The van der Waals surface area contributed by atoms with E-state index in [1.807, 2.05) is 0 Å². The van der Waals surface area contributed by atoms with Crippen LogP contribution in [0.15, 0.2) is 48.5 Å². The Bertz CT molecular complexity index is 1120. The van der Waals surface area contributed by atoms with Gasteiger partial charge in [0.25, 0.3) is 0 Å². The average Bonchev–Trinajstić information content (AvgIpc) is 3.29. The van der Waals surface area contributed by atoms with Crippen LogP contribution in [0, 0.1) is 0 Å². The summed E-state index contributed by atoms with van der Waals surface area (Å²) in [5, 5.41) is 3.78. The monoisotopic (exact) mass is 525 g/mol. The number of amides is 2. The molecule has 0 spiro atoms. The summed E-state index contributed by atoms with van der Waals surface area (Å²) in [6, 6.07) is 12.7. The fraction of sp³-hybridized carbons (Fsp3) is 0.417. The Morgan fingerprint density at radius 1 is 1.06 bits per heavy atom. The largest absolute Gasteiger partial charge is 0.352 e. The average molecular weight is 526 g/mol. The third-order valence-electron chi connectivity index (χ3n) is 5.94. The number of nitrogens with one attached hydrogen (secondary N) is 1. The third-order valence-corrected chi connectivity index (χ3v) is 7.63. The highest BCUT2D eigenvalue weighted by Crippen LogP contribution is 2.27. The maximum Gasteiger partial charge on any atom is 0.244 e. The van der Waals surface area contributed by atoms with Crippen molar-refractivity contribution in [3.63, 3.8) is 0 Å². The molecule has 0 saturated heterocycles. The van der Waals surface area contributed by atoms with Crippen molar-refractivity contribution in [1.82, 2.24) is 10.2 Å². The number of para-hydroxylation sites is 1. The lowest BCUT2D eigenvalue weighted by Gasteiger charge is -2.32. The molecule has 3 rings (SSSR count). The summed E-state index contributed by atoms with van der Waals surface area (Å²) in [5.74, 6) is -0.785. The van der Waals surface area contributed by atoms with Crippen LogP contribution >= 0.6 is 23.2 Å². The van der Waals surface area contributed by atoms with Crippen LogP contribution in [0.3, 0.4) is 0 Å². The highest BCUT2D eigenvalue weighted by molar-refractivity contribution is 7.92. The summed E-state index contributed by atoms with van der Waals surface area (Å²) in [7, 11) is -3.83. The molecule has 2 aromatic carbocycles. The molecule has 1 N–H and O–H groups in total. The number of rotatable bonds is 9. The second-order valence-electron chi connectivity index (χ2n) is 8.54. The fourth-order valence-corrected chi connectivity index (χ4v) is 5.29. The van der Waals surface area contributed by atoms with Gasteiger partial charge < -0.3 is 10.2 Å². The SMILES string of the molecule is CC(C(=O)NC1CCCC1)N(Cc1ccc(Cl)cc1)C(=O)CN(c1ccccc1Cl)S(C)(=O)=O. The normalized spacial score (nSPS) is 15.1. The van der Waals surface area contributed by atoms with Crippen LogP contribution in [0.4, 0.5) is 5.69 Å². The van der Waals surface area contributed by atoms with Crippen LogP contribution in [0.1, 0.15) is 38.2 Å². The van der Waals surface area contributed by atoms with Gasteiger partial charge in [-0.2, -0.15) is 0 Å². The van der Waals surface area contributed by atoms with Crippen molar-refractivity contribution in [3.8, 4) is 0 Å². The minimum absolute atomic E-state index is 0.0954. The van der Waals surface area contributed by atoms with Crippen LogP contribution in [-0.4, -0.2) is 50.0 Å². The number of hydrogen-bond acceptors (Lipinski definition) is 4. The summed E-state index contributed by atoms with van der Waals surface area (Å²) < 4.78 is 26.1. The predicted molar refractivity (Wildman–Crippen MR) is 136 cm³/mol. The van der Waals surface area contributed by atoms with Crippen molar-refractivity contribution in [2.24, 2.45) is 0 Å². The fourth-order valence-electron chi connectivity index (χ4n) is 4.01. The molecule has 1 fully saturated rings. The van der Waals surface area contributed by atoms with E-state index in [0.717, 1.165) is 41.8 Å². The number of benzene rings is 2. The lowest BCUT2D eigenvalue weighted by Crippen LogP contribution is -2.52. The Kier molecular flexibility index (Phi) is 8.84. The summed E-state index contributed by atoms with van der Waals surface area (Å²) in [6.45, 7) is 1.28. The van der Waals surface area contributed by atoms with Crippen molar-refractivity contribution in [2.75, 3.05) is 17.1 Å². The van der Waals surface area contributed by atoms with Gasteiger partial charge >= 0.3 is 0 Å². The standard InChI is InChI=1S/C24H29Cl2N3O4S/c1-17(24(31)27-20-7-3-4-8-20)28(15-18-11-13-19(25)14-12-18)23(30)16-29(34(2,32)33)22-10-6-5-9-21(22)26/h5-6,9-14,17,20H,3-4,7-8,15-16H2,1-2H3,(H,27,31). The molecule has 10 heteroatoms. The zero-order valence-corrected chi connectivity index (χ0v) is 21.5. The molecule has 0 heterocycles.